The van der Waals surface area contributed by atoms with Gasteiger partial charge in [-0.15, -0.1) is 0 Å². The van der Waals surface area contributed by atoms with Crippen LogP contribution in [0, 0.1) is 17.0 Å². The van der Waals surface area contributed by atoms with Crippen LogP contribution in [-0.4, -0.2) is 28.0 Å². The predicted octanol–water partition coefficient (Wildman–Crippen LogP) is 3.31. The van der Waals surface area contributed by atoms with Crippen LogP contribution in [0.1, 0.15) is 12.0 Å². The number of benzene rings is 1. The first kappa shape index (κ1) is 17.4. The van der Waals surface area contributed by atoms with Gasteiger partial charge in [-0.2, -0.15) is 4.98 Å². The molecule has 134 valence electrons. The van der Waals surface area contributed by atoms with Gasteiger partial charge in [0.15, 0.2) is 5.65 Å². The molecule has 0 fully saturated rings. The highest BCUT2D eigenvalue weighted by Crippen LogP contribution is 2.21. The molecule has 3 aromatic rings. The zero-order chi connectivity index (χ0) is 18.5. The van der Waals surface area contributed by atoms with E-state index in [1.54, 1.807) is 18.2 Å². The Morgan fingerprint density at radius 2 is 1.96 bits per heavy atom. The SMILES string of the molecule is Cc1cc(OCCCNc2ccc([N+](=O)[O-])cc2)nc2nc(N)ccc12. The van der Waals surface area contributed by atoms with Gasteiger partial charge in [0.1, 0.15) is 5.82 Å². The molecule has 0 radical (unpaired) electrons. The Hall–Kier alpha value is -3.42. The molecule has 8 heteroatoms. The highest BCUT2D eigenvalue weighted by Gasteiger charge is 2.06. The lowest BCUT2D eigenvalue weighted by molar-refractivity contribution is -0.384. The molecule has 0 bridgehead atoms. The Morgan fingerprint density at radius 1 is 1.19 bits per heavy atom. The van der Waals surface area contributed by atoms with Gasteiger partial charge in [0.25, 0.3) is 5.69 Å². The van der Waals surface area contributed by atoms with Crippen LogP contribution in [0.4, 0.5) is 17.2 Å². The zero-order valence-corrected chi connectivity index (χ0v) is 14.3. The Balaban J connectivity index is 1.50. The van der Waals surface area contributed by atoms with E-state index < -0.39 is 4.92 Å². The summed E-state index contributed by atoms with van der Waals surface area (Å²) in [7, 11) is 0. The van der Waals surface area contributed by atoms with E-state index in [9.17, 15) is 10.1 Å². The summed E-state index contributed by atoms with van der Waals surface area (Å²) in [6.45, 7) is 3.14. The van der Waals surface area contributed by atoms with Gasteiger partial charge in [0.05, 0.1) is 11.5 Å². The van der Waals surface area contributed by atoms with Crippen LogP contribution in [0.25, 0.3) is 11.0 Å². The highest BCUT2D eigenvalue weighted by atomic mass is 16.6. The molecule has 2 aromatic heterocycles. The van der Waals surface area contributed by atoms with Crippen molar-refractivity contribution in [3.05, 3.63) is 58.1 Å². The number of nitrogens with one attached hydrogen (secondary N) is 1. The topological polar surface area (TPSA) is 116 Å². The van der Waals surface area contributed by atoms with Crippen molar-refractivity contribution in [1.29, 1.82) is 0 Å². The molecule has 0 spiro atoms. The third-order valence-corrected chi connectivity index (χ3v) is 3.86. The minimum Gasteiger partial charge on any atom is -0.478 e. The third-order valence-electron chi connectivity index (χ3n) is 3.86. The summed E-state index contributed by atoms with van der Waals surface area (Å²) in [6.07, 6.45) is 0.750. The summed E-state index contributed by atoms with van der Waals surface area (Å²) in [4.78, 5) is 18.8. The largest absolute Gasteiger partial charge is 0.478 e. The maximum atomic E-state index is 10.6. The lowest BCUT2D eigenvalue weighted by atomic mass is 10.2. The fourth-order valence-electron chi connectivity index (χ4n) is 2.51. The highest BCUT2D eigenvalue weighted by molar-refractivity contribution is 5.80. The van der Waals surface area contributed by atoms with E-state index in [1.807, 2.05) is 19.1 Å². The van der Waals surface area contributed by atoms with Crippen LogP contribution in [0.5, 0.6) is 5.88 Å². The number of ether oxygens (including phenoxy) is 1. The van der Waals surface area contributed by atoms with Crippen LogP contribution in [0.15, 0.2) is 42.5 Å². The van der Waals surface area contributed by atoms with Crippen molar-refractivity contribution >= 4 is 28.2 Å². The van der Waals surface area contributed by atoms with Gasteiger partial charge in [-0.1, -0.05) is 0 Å². The lowest BCUT2D eigenvalue weighted by Crippen LogP contribution is -2.08. The van der Waals surface area contributed by atoms with Gasteiger partial charge in [-0.3, -0.25) is 10.1 Å². The molecule has 3 N–H and O–H groups in total. The van der Waals surface area contributed by atoms with Crippen LogP contribution in [0.3, 0.4) is 0 Å². The summed E-state index contributed by atoms with van der Waals surface area (Å²) in [5.41, 5.74) is 8.21. The number of anilines is 2. The summed E-state index contributed by atoms with van der Waals surface area (Å²) in [5, 5.41) is 14.8. The number of hydrogen-bond donors (Lipinski definition) is 2. The minimum absolute atomic E-state index is 0.0749. The molecule has 3 rings (SSSR count). The molecule has 0 unspecified atom stereocenters. The number of nitrogens with zero attached hydrogens (tertiary/aromatic N) is 3. The molecule has 1 aromatic carbocycles. The number of nitro benzene ring substituents is 1. The number of nitrogens with two attached hydrogens (primary N) is 1. The summed E-state index contributed by atoms with van der Waals surface area (Å²) < 4.78 is 5.70. The van der Waals surface area contributed by atoms with Crippen LogP contribution < -0.4 is 15.8 Å². The van der Waals surface area contributed by atoms with E-state index >= 15 is 0 Å². The summed E-state index contributed by atoms with van der Waals surface area (Å²) in [6, 6.07) is 11.8. The minimum atomic E-state index is -0.418. The van der Waals surface area contributed by atoms with Crippen molar-refractivity contribution in [2.75, 3.05) is 24.2 Å². The van der Waals surface area contributed by atoms with Crippen molar-refractivity contribution < 1.29 is 9.66 Å². The molecular weight excluding hydrogens is 334 g/mol. The zero-order valence-electron chi connectivity index (χ0n) is 14.3. The number of nitrogen functional groups attached to an aromatic ring is 1. The van der Waals surface area contributed by atoms with E-state index in [4.69, 9.17) is 10.5 Å². The molecule has 0 saturated carbocycles. The quantitative estimate of drug-likeness (QED) is 0.380. The number of hydrogen-bond acceptors (Lipinski definition) is 7. The van der Waals surface area contributed by atoms with E-state index in [0.29, 0.717) is 30.5 Å². The van der Waals surface area contributed by atoms with Gasteiger partial charge in [0, 0.05) is 35.8 Å². The average Bonchev–Trinajstić information content (AvgIpc) is 2.61. The van der Waals surface area contributed by atoms with E-state index in [-0.39, 0.29) is 5.69 Å². The molecule has 0 aliphatic rings. The van der Waals surface area contributed by atoms with Crippen LogP contribution in [0.2, 0.25) is 0 Å². The standard InChI is InChI=1S/C18H19N5O3/c1-12-11-17(22-18-15(12)7-8-16(19)21-18)26-10-2-9-20-13-3-5-14(6-4-13)23(24)25/h3-8,11,20H,2,9-10H2,1H3,(H2,19,21,22). The first-order chi connectivity index (χ1) is 12.5. The Bertz CT molecular complexity index is 928. The van der Waals surface area contributed by atoms with Gasteiger partial charge < -0.3 is 15.8 Å². The van der Waals surface area contributed by atoms with Crippen molar-refractivity contribution in [2.45, 2.75) is 13.3 Å². The number of fused-ring (bicyclic) bond motifs is 1. The Labute approximate surface area is 150 Å². The maximum Gasteiger partial charge on any atom is 0.269 e. The number of pyridine rings is 2. The predicted molar refractivity (Wildman–Crippen MR) is 100 cm³/mol. The van der Waals surface area contributed by atoms with Gasteiger partial charge in [-0.25, -0.2) is 4.98 Å². The third kappa shape index (κ3) is 4.15. The van der Waals surface area contributed by atoms with Crippen molar-refractivity contribution in [3.63, 3.8) is 0 Å². The second-order valence-electron chi connectivity index (χ2n) is 5.82. The molecule has 0 amide bonds. The van der Waals surface area contributed by atoms with Crippen LogP contribution >= 0.6 is 0 Å². The molecule has 8 nitrogen and oxygen atoms in total. The van der Waals surface area contributed by atoms with Crippen molar-refractivity contribution in [3.8, 4) is 5.88 Å². The fraction of sp³-hybridized carbons (Fsp3) is 0.222. The average molecular weight is 353 g/mol. The molecular formula is C18H19N5O3. The monoisotopic (exact) mass is 353 g/mol. The Morgan fingerprint density at radius 3 is 2.69 bits per heavy atom. The molecule has 2 heterocycles. The second kappa shape index (κ2) is 7.64. The first-order valence-electron chi connectivity index (χ1n) is 8.18. The molecule has 0 aliphatic heterocycles. The number of aromatic nitrogens is 2. The second-order valence-corrected chi connectivity index (χ2v) is 5.82. The lowest BCUT2D eigenvalue weighted by Gasteiger charge is -2.09. The fourth-order valence-corrected chi connectivity index (χ4v) is 2.51. The Kier molecular flexibility index (Phi) is 5.12. The summed E-state index contributed by atoms with van der Waals surface area (Å²) >= 11 is 0. The smallest absolute Gasteiger partial charge is 0.269 e. The van der Waals surface area contributed by atoms with Gasteiger partial charge in [-0.05, 0) is 43.2 Å². The molecule has 26 heavy (non-hydrogen) atoms. The molecule has 0 aliphatic carbocycles. The summed E-state index contributed by atoms with van der Waals surface area (Å²) in [5.74, 6) is 0.942. The number of aryl methyl sites for hydroxylation is 1. The molecule has 0 saturated heterocycles. The van der Waals surface area contributed by atoms with E-state index in [2.05, 4.69) is 15.3 Å². The number of non-ortho nitro benzene ring substituents is 1. The number of rotatable bonds is 7. The van der Waals surface area contributed by atoms with Crippen molar-refractivity contribution in [1.82, 2.24) is 9.97 Å². The van der Waals surface area contributed by atoms with E-state index in [0.717, 1.165) is 23.1 Å². The van der Waals surface area contributed by atoms with Crippen molar-refractivity contribution in [2.24, 2.45) is 0 Å². The van der Waals surface area contributed by atoms with E-state index in [1.165, 1.54) is 12.1 Å². The maximum absolute atomic E-state index is 10.6. The van der Waals surface area contributed by atoms with Gasteiger partial charge in [0.2, 0.25) is 5.88 Å². The van der Waals surface area contributed by atoms with Crippen LogP contribution in [-0.2, 0) is 0 Å². The molecule has 0 atom stereocenters. The normalized spacial score (nSPS) is 10.7. The van der Waals surface area contributed by atoms with Gasteiger partial charge >= 0.3 is 0 Å². The number of nitro groups is 1. The first-order valence-corrected chi connectivity index (χ1v) is 8.18.